The lowest BCUT2D eigenvalue weighted by Gasteiger charge is -1.95. The molecule has 1 rings (SSSR count). The molecule has 0 amide bonds. The Morgan fingerprint density at radius 3 is 2.75 bits per heavy atom. The largest absolute Gasteiger partial charge is 0.375 e. The lowest BCUT2D eigenvalue weighted by Crippen LogP contribution is -2.25. The topological polar surface area (TPSA) is 84.5 Å². The summed E-state index contributed by atoms with van der Waals surface area (Å²) in [5.74, 6) is 0.188. The van der Waals surface area contributed by atoms with Crippen LogP contribution in [0.15, 0.2) is 5.10 Å². The highest BCUT2D eigenvalue weighted by atomic mass is 32.2. The van der Waals surface area contributed by atoms with Crippen LogP contribution in [0, 0.1) is 0 Å². The summed E-state index contributed by atoms with van der Waals surface area (Å²) < 4.78 is 21.8. The molecule has 0 unspecified atom stereocenters. The van der Waals surface area contributed by atoms with E-state index in [0.29, 0.717) is 12.1 Å². The van der Waals surface area contributed by atoms with Gasteiger partial charge in [-0.3, -0.25) is 5.43 Å². The molecule has 1 heterocycles. The zero-order valence-corrected chi connectivity index (χ0v) is 7.91. The molecule has 0 aromatic carbocycles. The number of nitrogens with zero attached hydrogens (tertiary/aromatic N) is 1. The van der Waals surface area contributed by atoms with Crippen LogP contribution in [0.1, 0.15) is 6.42 Å². The molecule has 0 saturated carbocycles. The Bertz CT molecular complexity index is 320. The Labute approximate surface area is 75.9 Å². The van der Waals surface area contributed by atoms with Crippen molar-refractivity contribution in [3.63, 3.8) is 0 Å². The smallest absolute Gasteiger partial charge is 0.184 e. The van der Waals surface area contributed by atoms with Gasteiger partial charge < -0.3 is 5.73 Å². The minimum absolute atomic E-state index is 0.0165. The average molecular weight is 207 g/mol. The van der Waals surface area contributed by atoms with E-state index in [1.54, 1.807) is 0 Å². The van der Waals surface area contributed by atoms with Gasteiger partial charge in [0.05, 0.1) is 17.2 Å². The van der Waals surface area contributed by atoms with Crippen molar-refractivity contribution in [2.24, 2.45) is 10.8 Å². The van der Waals surface area contributed by atoms with E-state index in [9.17, 15) is 8.42 Å². The molecule has 3 N–H and O–H groups in total. The van der Waals surface area contributed by atoms with Crippen molar-refractivity contribution in [2.45, 2.75) is 6.42 Å². The SMILES string of the molecule is NC(=S)NN=C1CCS(=O)(=O)C1. The number of rotatable bonds is 1. The first kappa shape index (κ1) is 9.40. The Hall–Kier alpha value is -0.690. The van der Waals surface area contributed by atoms with Gasteiger partial charge in [-0.1, -0.05) is 0 Å². The van der Waals surface area contributed by atoms with Gasteiger partial charge in [0.1, 0.15) is 0 Å². The maximum atomic E-state index is 10.9. The summed E-state index contributed by atoms with van der Waals surface area (Å²) >= 11 is 4.50. The van der Waals surface area contributed by atoms with E-state index in [0.717, 1.165) is 0 Å². The van der Waals surface area contributed by atoms with Gasteiger partial charge in [-0.2, -0.15) is 5.10 Å². The third kappa shape index (κ3) is 2.74. The van der Waals surface area contributed by atoms with Crippen molar-refractivity contribution >= 4 is 32.9 Å². The first-order valence-corrected chi connectivity index (χ1v) is 5.54. The molecular formula is C5H9N3O2S2. The third-order valence-corrected chi connectivity index (χ3v) is 3.10. The van der Waals surface area contributed by atoms with Crippen LogP contribution in [-0.4, -0.2) is 30.7 Å². The number of thiocarbonyl (C=S) groups is 1. The van der Waals surface area contributed by atoms with Gasteiger partial charge in [-0.25, -0.2) is 8.42 Å². The van der Waals surface area contributed by atoms with Crippen molar-refractivity contribution in [3.05, 3.63) is 0 Å². The van der Waals surface area contributed by atoms with Crippen LogP contribution in [0.2, 0.25) is 0 Å². The quantitative estimate of drug-likeness (QED) is 0.425. The fourth-order valence-electron chi connectivity index (χ4n) is 0.894. The molecular weight excluding hydrogens is 198 g/mol. The molecule has 0 aliphatic carbocycles. The molecule has 68 valence electrons. The Morgan fingerprint density at radius 1 is 1.67 bits per heavy atom. The summed E-state index contributed by atoms with van der Waals surface area (Å²) in [6, 6.07) is 0. The lowest BCUT2D eigenvalue weighted by molar-refractivity contribution is 0.603. The maximum absolute atomic E-state index is 10.9. The number of sulfone groups is 1. The van der Waals surface area contributed by atoms with Crippen molar-refractivity contribution in [3.8, 4) is 0 Å². The summed E-state index contributed by atoms with van der Waals surface area (Å²) in [5.41, 5.74) is 8.05. The Balaban J connectivity index is 2.58. The van der Waals surface area contributed by atoms with Crippen LogP contribution in [0.25, 0.3) is 0 Å². The molecule has 0 atom stereocenters. The molecule has 7 heteroatoms. The van der Waals surface area contributed by atoms with E-state index in [4.69, 9.17) is 5.73 Å². The number of hydrogen-bond donors (Lipinski definition) is 2. The van der Waals surface area contributed by atoms with E-state index in [-0.39, 0.29) is 16.6 Å². The molecule has 0 spiro atoms. The van der Waals surface area contributed by atoms with Gasteiger partial charge in [-0.05, 0) is 12.2 Å². The number of hydrogen-bond acceptors (Lipinski definition) is 4. The monoisotopic (exact) mass is 207 g/mol. The zero-order chi connectivity index (χ0) is 9.19. The standard InChI is InChI=1S/C5H9N3O2S2/c6-5(11)8-7-4-1-2-12(9,10)3-4/h1-3H2,(H3,6,8,11). The van der Waals surface area contributed by atoms with Crippen LogP contribution in [-0.2, 0) is 9.84 Å². The summed E-state index contributed by atoms with van der Waals surface area (Å²) in [5, 5.41) is 3.79. The highest BCUT2D eigenvalue weighted by Gasteiger charge is 2.23. The van der Waals surface area contributed by atoms with Gasteiger partial charge >= 0.3 is 0 Å². The molecule has 0 aromatic heterocycles. The molecule has 0 radical (unpaired) electrons. The predicted octanol–water partition coefficient (Wildman–Crippen LogP) is -1.01. The van der Waals surface area contributed by atoms with Crippen LogP contribution >= 0.6 is 12.2 Å². The highest BCUT2D eigenvalue weighted by Crippen LogP contribution is 2.07. The van der Waals surface area contributed by atoms with Gasteiger partial charge in [0.15, 0.2) is 14.9 Å². The van der Waals surface area contributed by atoms with Gasteiger partial charge in [-0.15, -0.1) is 0 Å². The van der Waals surface area contributed by atoms with E-state index in [2.05, 4.69) is 22.7 Å². The average Bonchev–Trinajstić information content (AvgIpc) is 2.26. The molecule has 1 aliphatic rings. The second kappa shape index (κ2) is 3.36. The van der Waals surface area contributed by atoms with Crippen LogP contribution in [0.5, 0.6) is 0 Å². The van der Waals surface area contributed by atoms with E-state index in [1.165, 1.54) is 0 Å². The first-order chi connectivity index (χ1) is 5.49. The second-order valence-corrected chi connectivity index (χ2v) is 5.12. The minimum atomic E-state index is -2.90. The Kier molecular flexibility index (Phi) is 2.63. The predicted molar refractivity (Wildman–Crippen MR) is 50.6 cm³/mol. The molecule has 12 heavy (non-hydrogen) atoms. The van der Waals surface area contributed by atoms with Crippen LogP contribution in [0.4, 0.5) is 0 Å². The van der Waals surface area contributed by atoms with Crippen molar-refractivity contribution in [2.75, 3.05) is 11.5 Å². The maximum Gasteiger partial charge on any atom is 0.184 e. The van der Waals surface area contributed by atoms with Crippen molar-refractivity contribution in [1.82, 2.24) is 5.43 Å². The van der Waals surface area contributed by atoms with Gasteiger partial charge in [0.2, 0.25) is 0 Å². The third-order valence-electron chi connectivity index (χ3n) is 1.41. The normalized spacial score (nSPS) is 24.2. The molecule has 0 bridgehead atoms. The van der Waals surface area contributed by atoms with Crippen LogP contribution in [0.3, 0.4) is 0 Å². The van der Waals surface area contributed by atoms with E-state index >= 15 is 0 Å². The van der Waals surface area contributed by atoms with E-state index < -0.39 is 9.84 Å². The minimum Gasteiger partial charge on any atom is -0.375 e. The summed E-state index contributed by atoms with van der Waals surface area (Å²) in [7, 11) is -2.90. The summed E-state index contributed by atoms with van der Waals surface area (Å²) in [6.07, 6.45) is 0.470. The summed E-state index contributed by atoms with van der Waals surface area (Å²) in [4.78, 5) is 0. The highest BCUT2D eigenvalue weighted by molar-refractivity contribution is 7.92. The summed E-state index contributed by atoms with van der Waals surface area (Å²) in [6.45, 7) is 0. The number of nitrogens with two attached hydrogens (primary N) is 1. The van der Waals surface area contributed by atoms with Gasteiger partial charge in [0.25, 0.3) is 0 Å². The fourth-order valence-corrected chi connectivity index (χ4v) is 2.35. The number of hydrazone groups is 1. The van der Waals surface area contributed by atoms with E-state index in [1.807, 2.05) is 0 Å². The molecule has 5 nitrogen and oxygen atoms in total. The molecule has 1 aliphatic heterocycles. The second-order valence-electron chi connectivity index (χ2n) is 2.50. The first-order valence-electron chi connectivity index (χ1n) is 3.31. The van der Waals surface area contributed by atoms with Crippen molar-refractivity contribution < 1.29 is 8.42 Å². The fraction of sp³-hybridized carbons (Fsp3) is 0.600. The Morgan fingerprint density at radius 2 is 2.33 bits per heavy atom. The number of nitrogens with one attached hydrogen (secondary N) is 1. The molecule has 0 aromatic rings. The molecule has 1 fully saturated rings. The van der Waals surface area contributed by atoms with Gasteiger partial charge in [0, 0.05) is 6.42 Å². The van der Waals surface area contributed by atoms with Crippen molar-refractivity contribution in [1.29, 1.82) is 0 Å². The van der Waals surface area contributed by atoms with Crippen LogP contribution < -0.4 is 11.2 Å². The zero-order valence-electron chi connectivity index (χ0n) is 6.28. The lowest BCUT2D eigenvalue weighted by atomic mass is 10.3. The molecule has 1 saturated heterocycles.